The number of hydrogen-bond acceptors (Lipinski definition) is 5. The lowest BCUT2D eigenvalue weighted by molar-refractivity contribution is -0.158. The SMILES string of the molecule is COc1c(C#N)cccc1-c1cc(C)n2cnc(C(=O)N[C@H](C3CC3)C(F)(F)F)c2n1. The number of halogens is 3. The van der Waals surface area contributed by atoms with Crippen LogP contribution in [0.15, 0.2) is 30.6 Å². The molecule has 3 aromatic rings. The molecule has 0 bridgehead atoms. The lowest BCUT2D eigenvalue weighted by Crippen LogP contribution is -2.47. The Hall–Kier alpha value is -3.61. The van der Waals surface area contributed by atoms with E-state index >= 15 is 0 Å². The highest BCUT2D eigenvalue weighted by atomic mass is 19.4. The maximum Gasteiger partial charge on any atom is 0.408 e. The lowest BCUT2D eigenvalue weighted by Gasteiger charge is -2.20. The lowest BCUT2D eigenvalue weighted by atomic mass is 10.1. The summed E-state index contributed by atoms with van der Waals surface area (Å²) in [7, 11) is 1.43. The van der Waals surface area contributed by atoms with Crippen LogP contribution in [0.4, 0.5) is 13.2 Å². The first-order valence-corrected chi connectivity index (χ1v) is 9.54. The van der Waals surface area contributed by atoms with Crippen LogP contribution in [0.25, 0.3) is 16.9 Å². The van der Waals surface area contributed by atoms with Gasteiger partial charge in [0.2, 0.25) is 0 Å². The smallest absolute Gasteiger partial charge is 0.408 e. The average molecular weight is 429 g/mol. The molecule has 0 saturated heterocycles. The number of nitrogens with zero attached hydrogens (tertiary/aromatic N) is 4. The number of amides is 1. The summed E-state index contributed by atoms with van der Waals surface area (Å²) in [6, 6.07) is 6.83. The third-order valence-electron chi connectivity index (χ3n) is 5.26. The summed E-state index contributed by atoms with van der Waals surface area (Å²) in [5.41, 5.74) is 1.81. The van der Waals surface area contributed by atoms with E-state index < -0.39 is 24.0 Å². The third-order valence-corrected chi connectivity index (χ3v) is 5.26. The van der Waals surface area contributed by atoms with Crippen LogP contribution in [-0.2, 0) is 0 Å². The number of benzene rings is 1. The Balaban J connectivity index is 1.78. The van der Waals surface area contributed by atoms with Gasteiger partial charge in [0.05, 0.1) is 18.4 Å². The molecule has 0 unspecified atom stereocenters. The van der Waals surface area contributed by atoms with Crippen LogP contribution in [-0.4, -0.2) is 39.6 Å². The molecule has 1 aromatic carbocycles. The average Bonchev–Trinajstić information content (AvgIpc) is 3.47. The van der Waals surface area contributed by atoms with Crippen LogP contribution >= 0.6 is 0 Å². The molecule has 7 nitrogen and oxygen atoms in total. The highest BCUT2D eigenvalue weighted by Gasteiger charge is 2.50. The summed E-state index contributed by atoms with van der Waals surface area (Å²) >= 11 is 0. The number of nitriles is 1. The van der Waals surface area contributed by atoms with Crippen LogP contribution in [0.3, 0.4) is 0 Å². The normalized spacial score (nSPS) is 14.8. The predicted octanol–water partition coefficient (Wildman–Crippen LogP) is 3.66. The van der Waals surface area contributed by atoms with Crippen molar-refractivity contribution < 1.29 is 22.7 Å². The molecule has 1 saturated carbocycles. The minimum absolute atomic E-state index is 0.119. The van der Waals surface area contributed by atoms with Crippen LogP contribution in [0.5, 0.6) is 5.75 Å². The zero-order valence-corrected chi connectivity index (χ0v) is 16.7. The highest BCUT2D eigenvalue weighted by molar-refractivity contribution is 5.98. The number of imidazole rings is 1. The van der Waals surface area contributed by atoms with Crippen molar-refractivity contribution >= 4 is 11.6 Å². The Morgan fingerprint density at radius 2 is 2.13 bits per heavy atom. The Kier molecular flexibility index (Phi) is 5.05. The quantitative estimate of drug-likeness (QED) is 0.668. The van der Waals surface area contributed by atoms with Crippen molar-refractivity contribution in [2.24, 2.45) is 5.92 Å². The second-order valence-electron chi connectivity index (χ2n) is 7.40. The minimum atomic E-state index is -4.54. The molecule has 10 heteroatoms. The number of ether oxygens (including phenoxy) is 1. The minimum Gasteiger partial charge on any atom is -0.495 e. The number of nitrogens with one attached hydrogen (secondary N) is 1. The van der Waals surface area contributed by atoms with Gasteiger partial charge in [0.1, 0.15) is 24.2 Å². The third kappa shape index (κ3) is 3.79. The number of para-hydroxylation sites is 1. The van der Waals surface area contributed by atoms with Crippen molar-refractivity contribution in [3.63, 3.8) is 0 Å². The molecular weight excluding hydrogens is 411 g/mol. The fourth-order valence-electron chi connectivity index (χ4n) is 3.57. The van der Waals surface area contributed by atoms with Gasteiger partial charge in [-0.3, -0.25) is 9.20 Å². The Morgan fingerprint density at radius 1 is 1.39 bits per heavy atom. The molecule has 0 aliphatic heterocycles. The first kappa shape index (κ1) is 20.7. The summed E-state index contributed by atoms with van der Waals surface area (Å²) in [5, 5.41) is 11.4. The van der Waals surface area contributed by atoms with Gasteiger partial charge in [-0.05, 0) is 43.9 Å². The Bertz CT molecular complexity index is 1210. The second-order valence-corrected chi connectivity index (χ2v) is 7.40. The zero-order valence-electron chi connectivity index (χ0n) is 16.7. The molecule has 1 fully saturated rings. The molecule has 2 heterocycles. The summed E-state index contributed by atoms with van der Waals surface area (Å²) in [5.74, 6) is -1.22. The van der Waals surface area contributed by atoms with Crippen LogP contribution in [0.2, 0.25) is 0 Å². The first-order chi connectivity index (χ1) is 14.7. The molecule has 1 atom stereocenters. The van der Waals surface area contributed by atoms with Crippen molar-refractivity contribution in [1.29, 1.82) is 5.26 Å². The van der Waals surface area contributed by atoms with Crippen molar-refractivity contribution in [1.82, 2.24) is 19.7 Å². The number of rotatable bonds is 5. The van der Waals surface area contributed by atoms with Gasteiger partial charge in [0, 0.05) is 11.3 Å². The standard InChI is InChI=1S/C21H18F3N5O2/c1-11-8-15(14-5-3-4-13(9-25)17(14)31-2)27-19-16(26-10-29(11)19)20(30)28-18(12-6-7-12)21(22,23)24/h3-5,8,10,12,18H,6-7H2,1-2H3,(H,28,30)/t18-/m1/s1. The molecule has 31 heavy (non-hydrogen) atoms. The number of methoxy groups -OCH3 is 1. The molecule has 1 aliphatic carbocycles. The van der Waals surface area contributed by atoms with E-state index in [1.54, 1.807) is 31.2 Å². The molecule has 0 spiro atoms. The number of aromatic nitrogens is 3. The molecule has 160 valence electrons. The van der Waals surface area contributed by atoms with Gasteiger partial charge < -0.3 is 10.1 Å². The highest BCUT2D eigenvalue weighted by Crippen LogP contribution is 2.40. The maximum absolute atomic E-state index is 13.3. The van der Waals surface area contributed by atoms with Crippen molar-refractivity contribution in [2.75, 3.05) is 7.11 Å². The zero-order chi connectivity index (χ0) is 22.3. The number of hydrogen-bond donors (Lipinski definition) is 1. The molecule has 1 amide bonds. The summed E-state index contributed by atoms with van der Waals surface area (Å²) in [4.78, 5) is 21.2. The van der Waals surface area contributed by atoms with Gasteiger partial charge in [0.25, 0.3) is 5.91 Å². The molecule has 2 aromatic heterocycles. The summed E-state index contributed by atoms with van der Waals surface area (Å²) < 4.78 is 46.9. The van der Waals surface area contributed by atoms with Crippen LogP contribution in [0.1, 0.15) is 34.6 Å². The first-order valence-electron chi connectivity index (χ1n) is 9.54. The fraction of sp³-hybridized carbons (Fsp3) is 0.333. The van der Waals surface area contributed by atoms with Crippen LogP contribution in [0, 0.1) is 24.2 Å². The van der Waals surface area contributed by atoms with Gasteiger partial charge in [-0.2, -0.15) is 18.4 Å². The van der Waals surface area contributed by atoms with Gasteiger partial charge in [0.15, 0.2) is 11.3 Å². The summed E-state index contributed by atoms with van der Waals surface area (Å²) in [6.07, 6.45) is -2.35. The molecule has 0 radical (unpaired) electrons. The number of carbonyl (C=O) groups excluding carboxylic acids is 1. The van der Waals surface area contributed by atoms with Gasteiger partial charge in [-0.15, -0.1) is 0 Å². The van der Waals surface area contributed by atoms with Crippen molar-refractivity contribution in [3.8, 4) is 23.1 Å². The van der Waals surface area contributed by atoms with E-state index in [1.807, 2.05) is 6.07 Å². The largest absolute Gasteiger partial charge is 0.495 e. The Morgan fingerprint density at radius 3 is 2.74 bits per heavy atom. The summed E-state index contributed by atoms with van der Waals surface area (Å²) in [6.45, 7) is 1.75. The van der Waals surface area contributed by atoms with E-state index in [9.17, 15) is 23.2 Å². The monoisotopic (exact) mass is 429 g/mol. The van der Waals surface area contributed by atoms with Gasteiger partial charge in [-0.25, -0.2) is 9.97 Å². The number of alkyl halides is 3. The van der Waals surface area contributed by atoms with Gasteiger partial charge in [-0.1, -0.05) is 6.07 Å². The van der Waals surface area contributed by atoms with E-state index in [1.165, 1.54) is 17.8 Å². The van der Waals surface area contributed by atoms with E-state index in [2.05, 4.69) is 15.3 Å². The van der Waals surface area contributed by atoms with E-state index in [4.69, 9.17) is 4.74 Å². The Labute approximate surface area is 175 Å². The molecule has 1 aliphatic rings. The van der Waals surface area contributed by atoms with E-state index in [0.717, 1.165) is 0 Å². The number of fused-ring (bicyclic) bond motifs is 1. The number of aryl methyl sites for hydroxylation is 1. The maximum atomic E-state index is 13.3. The van der Waals surface area contributed by atoms with Crippen molar-refractivity contribution in [3.05, 3.63) is 47.5 Å². The second kappa shape index (κ2) is 7.58. The van der Waals surface area contributed by atoms with E-state index in [0.29, 0.717) is 41.1 Å². The van der Waals surface area contributed by atoms with Crippen LogP contribution < -0.4 is 10.1 Å². The van der Waals surface area contributed by atoms with E-state index in [-0.39, 0.29) is 11.3 Å². The topological polar surface area (TPSA) is 92.3 Å². The van der Waals surface area contributed by atoms with Crippen molar-refractivity contribution in [2.45, 2.75) is 32.0 Å². The predicted molar refractivity (Wildman–Crippen MR) is 104 cm³/mol. The number of carbonyl (C=O) groups is 1. The molecular formula is C21H18F3N5O2. The molecule has 4 rings (SSSR count). The molecule has 1 N–H and O–H groups in total. The fourth-order valence-corrected chi connectivity index (χ4v) is 3.57. The van der Waals surface area contributed by atoms with Gasteiger partial charge >= 0.3 is 6.18 Å².